The SMILES string of the molecule is COc1cc(C=NNC(=O)C(C)Oc2ccc(-c3ccccc3)cc2)ccc1OCc1c(Cl)cccc1Cl. The minimum absolute atomic E-state index is 0.186. The highest BCUT2D eigenvalue weighted by molar-refractivity contribution is 6.35. The van der Waals surface area contributed by atoms with E-state index in [2.05, 4.69) is 10.5 Å². The molecule has 0 aliphatic heterocycles. The van der Waals surface area contributed by atoms with Crippen LogP contribution in [0.1, 0.15) is 18.1 Å². The van der Waals surface area contributed by atoms with Gasteiger partial charge in [0.2, 0.25) is 0 Å². The van der Waals surface area contributed by atoms with Crippen LogP contribution in [0, 0.1) is 0 Å². The van der Waals surface area contributed by atoms with Crippen LogP contribution in [0.4, 0.5) is 0 Å². The van der Waals surface area contributed by atoms with Gasteiger partial charge in [-0.3, -0.25) is 4.79 Å². The highest BCUT2D eigenvalue weighted by Gasteiger charge is 2.14. The van der Waals surface area contributed by atoms with Crippen molar-refractivity contribution in [2.75, 3.05) is 7.11 Å². The van der Waals surface area contributed by atoms with E-state index >= 15 is 0 Å². The van der Waals surface area contributed by atoms with Gasteiger partial charge < -0.3 is 14.2 Å². The Balaban J connectivity index is 1.31. The summed E-state index contributed by atoms with van der Waals surface area (Å²) in [7, 11) is 1.54. The summed E-state index contributed by atoms with van der Waals surface area (Å²) in [5, 5.41) is 5.10. The first kappa shape index (κ1) is 27.0. The number of amides is 1. The standard InChI is InChI=1S/C30H26Cl2N2O4/c1-20(38-24-14-12-23(13-15-24)22-7-4-3-5-8-22)30(35)34-33-18-21-11-16-28(29(17-21)36-2)37-19-25-26(31)9-6-10-27(25)32/h3-18,20H,19H2,1-2H3,(H,34,35). The fraction of sp³-hybridized carbons (Fsp3) is 0.133. The molecule has 0 aromatic heterocycles. The van der Waals surface area contributed by atoms with Crippen LogP contribution in [-0.2, 0) is 11.4 Å². The summed E-state index contributed by atoms with van der Waals surface area (Å²) in [6.07, 6.45) is 0.771. The zero-order chi connectivity index (χ0) is 26.9. The van der Waals surface area contributed by atoms with Crippen LogP contribution in [0.15, 0.2) is 96.1 Å². The molecule has 8 heteroatoms. The van der Waals surface area contributed by atoms with Crippen molar-refractivity contribution in [3.8, 4) is 28.4 Å². The maximum Gasteiger partial charge on any atom is 0.280 e. The minimum atomic E-state index is -0.739. The molecule has 0 heterocycles. The summed E-state index contributed by atoms with van der Waals surface area (Å²) >= 11 is 12.4. The van der Waals surface area contributed by atoms with Crippen LogP contribution >= 0.6 is 23.2 Å². The molecule has 4 aromatic rings. The number of halogens is 2. The van der Waals surface area contributed by atoms with Gasteiger partial charge in [-0.25, -0.2) is 5.43 Å². The molecule has 1 N–H and O–H groups in total. The number of hydrogen-bond acceptors (Lipinski definition) is 5. The number of hydrogen-bond donors (Lipinski definition) is 1. The van der Waals surface area contributed by atoms with Gasteiger partial charge in [0.05, 0.1) is 13.3 Å². The molecule has 6 nitrogen and oxygen atoms in total. The molecule has 1 amide bonds. The molecule has 194 valence electrons. The summed E-state index contributed by atoms with van der Waals surface area (Å²) < 4.78 is 17.1. The van der Waals surface area contributed by atoms with Crippen LogP contribution in [0.25, 0.3) is 11.1 Å². The van der Waals surface area contributed by atoms with E-state index in [-0.39, 0.29) is 12.5 Å². The molecule has 1 unspecified atom stereocenters. The van der Waals surface area contributed by atoms with Crippen molar-refractivity contribution >= 4 is 35.3 Å². The number of methoxy groups -OCH3 is 1. The van der Waals surface area contributed by atoms with Gasteiger partial charge in [-0.15, -0.1) is 0 Å². The largest absolute Gasteiger partial charge is 0.493 e. The van der Waals surface area contributed by atoms with Crippen molar-refractivity contribution in [3.05, 3.63) is 112 Å². The summed E-state index contributed by atoms with van der Waals surface area (Å²) in [6, 6.07) is 28.2. The van der Waals surface area contributed by atoms with Gasteiger partial charge >= 0.3 is 0 Å². The quantitative estimate of drug-likeness (QED) is 0.168. The Morgan fingerprint density at radius 2 is 1.58 bits per heavy atom. The molecule has 0 saturated heterocycles. The number of carbonyl (C=O) groups is 1. The summed E-state index contributed by atoms with van der Waals surface area (Å²) in [5.74, 6) is 1.23. The molecule has 4 aromatic carbocycles. The molecule has 0 aliphatic rings. The number of carbonyl (C=O) groups excluding carboxylic acids is 1. The number of hydrazone groups is 1. The molecule has 1 atom stereocenters. The number of nitrogens with zero attached hydrogens (tertiary/aromatic N) is 1. The average molecular weight is 549 g/mol. The molecule has 0 radical (unpaired) electrons. The van der Waals surface area contributed by atoms with Gasteiger partial charge in [0.25, 0.3) is 5.91 Å². The summed E-state index contributed by atoms with van der Waals surface area (Å²) in [5.41, 5.74) is 6.08. The Hall–Kier alpha value is -4.00. The highest BCUT2D eigenvalue weighted by atomic mass is 35.5. The van der Waals surface area contributed by atoms with Crippen LogP contribution < -0.4 is 19.6 Å². The van der Waals surface area contributed by atoms with Crippen molar-refractivity contribution in [3.63, 3.8) is 0 Å². The lowest BCUT2D eigenvalue weighted by atomic mass is 10.1. The molecular weight excluding hydrogens is 523 g/mol. The molecule has 0 aliphatic carbocycles. The zero-order valence-electron chi connectivity index (χ0n) is 20.9. The minimum Gasteiger partial charge on any atom is -0.493 e. The first-order valence-electron chi connectivity index (χ1n) is 11.8. The second-order valence-corrected chi connectivity index (χ2v) is 9.10. The van der Waals surface area contributed by atoms with E-state index in [1.54, 1.807) is 50.4 Å². The highest BCUT2D eigenvalue weighted by Crippen LogP contribution is 2.31. The van der Waals surface area contributed by atoms with Crippen LogP contribution in [0.5, 0.6) is 17.2 Å². The Bertz CT molecular complexity index is 1390. The number of benzene rings is 4. The molecule has 0 fully saturated rings. The van der Waals surface area contributed by atoms with E-state index in [4.69, 9.17) is 37.4 Å². The molecule has 0 spiro atoms. The van der Waals surface area contributed by atoms with Crippen molar-refractivity contribution in [1.29, 1.82) is 0 Å². The van der Waals surface area contributed by atoms with Gasteiger partial charge in [-0.1, -0.05) is 71.7 Å². The Labute approximate surface area is 231 Å². The van der Waals surface area contributed by atoms with E-state index in [0.29, 0.717) is 38.4 Å². The van der Waals surface area contributed by atoms with Gasteiger partial charge in [-0.2, -0.15) is 5.10 Å². The molecule has 38 heavy (non-hydrogen) atoms. The Kier molecular flexibility index (Phi) is 9.25. The van der Waals surface area contributed by atoms with Crippen molar-refractivity contribution in [2.24, 2.45) is 5.10 Å². The Morgan fingerprint density at radius 3 is 2.26 bits per heavy atom. The summed E-state index contributed by atoms with van der Waals surface area (Å²) in [4.78, 5) is 12.5. The van der Waals surface area contributed by atoms with Gasteiger partial charge in [0.15, 0.2) is 17.6 Å². The normalized spacial score (nSPS) is 11.7. The second kappa shape index (κ2) is 13.0. The van der Waals surface area contributed by atoms with Crippen LogP contribution in [0.3, 0.4) is 0 Å². The third-order valence-electron chi connectivity index (χ3n) is 5.65. The Morgan fingerprint density at radius 1 is 0.895 bits per heavy atom. The molecule has 0 saturated carbocycles. The smallest absolute Gasteiger partial charge is 0.280 e. The number of rotatable bonds is 10. The maximum absolute atomic E-state index is 12.5. The van der Waals surface area contributed by atoms with Crippen molar-refractivity contribution in [2.45, 2.75) is 19.6 Å². The van der Waals surface area contributed by atoms with Crippen LogP contribution in [-0.4, -0.2) is 25.3 Å². The monoisotopic (exact) mass is 548 g/mol. The molecular formula is C30H26Cl2N2O4. The number of nitrogens with one attached hydrogen (secondary N) is 1. The van der Waals surface area contributed by atoms with E-state index < -0.39 is 6.10 Å². The predicted molar refractivity (Wildman–Crippen MR) is 151 cm³/mol. The first-order chi connectivity index (χ1) is 18.4. The fourth-order valence-electron chi connectivity index (χ4n) is 3.58. The fourth-order valence-corrected chi connectivity index (χ4v) is 4.09. The van der Waals surface area contributed by atoms with Crippen molar-refractivity contribution in [1.82, 2.24) is 5.43 Å². The zero-order valence-corrected chi connectivity index (χ0v) is 22.4. The number of ether oxygens (including phenoxy) is 3. The lowest BCUT2D eigenvalue weighted by Gasteiger charge is -2.14. The van der Waals surface area contributed by atoms with Crippen molar-refractivity contribution < 1.29 is 19.0 Å². The lowest BCUT2D eigenvalue weighted by Crippen LogP contribution is -2.33. The third-order valence-corrected chi connectivity index (χ3v) is 6.36. The van der Waals surface area contributed by atoms with E-state index in [9.17, 15) is 4.79 Å². The van der Waals surface area contributed by atoms with E-state index in [1.165, 1.54) is 6.21 Å². The van der Waals surface area contributed by atoms with Crippen LogP contribution in [0.2, 0.25) is 10.0 Å². The average Bonchev–Trinajstić information content (AvgIpc) is 2.94. The first-order valence-corrected chi connectivity index (χ1v) is 12.6. The van der Waals surface area contributed by atoms with E-state index in [0.717, 1.165) is 11.1 Å². The maximum atomic E-state index is 12.5. The molecule has 0 bridgehead atoms. The lowest BCUT2D eigenvalue weighted by molar-refractivity contribution is -0.127. The van der Waals surface area contributed by atoms with Gasteiger partial charge in [0.1, 0.15) is 12.4 Å². The van der Waals surface area contributed by atoms with Gasteiger partial charge in [-0.05, 0) is 66.1 Å². The third kappa shape index (κ3) is 7.06. The second-order valence-electron chi connectivity index (χ2n) is 8.28. The molecule has 4 rings (SSSR count). The topological polar surface area (TPSA) is 69.2 Å². The van der Waals surface area contributed by atoms with Gasteiger partial charge in [0, 0.05) is 15.6 Å². The van der Waals surface area contributed by atoms with E-state index in [1.807, 2.05) is 54.6 Å². The summed E-state index contributed by atoms with van der Waals surface area (Å²) in [6.45, 7) is 1.85. The predicted octanol–water partition coefficient (Wildman–Crippen LogP) is 7.17.